The fraction of sp³-hybridized carbons (Fsp3) is 0.500. The van der Waals surface area contributed by atoms with Gasteiger partial charge in [0.2, 0.25) is 0 Å². The van der Waals surface area contributed by atoms with Crippen molar-refractivity contribution in [3.05, 3.63) is 22.7 Å². The number of benzene rings is 1. The Balaban J connectivity index is 2.04. The molecule has 1 saturated heterocycles. The maximum atomic E-state index is 12.8. The second-order valence-corrected chi connectivity index (χ2v) is 6.81. The van der Waals surface area contributed by atoms with E-state index in [2.05, 4.69) is 5.32 Å². The summed E-state index contributed by atoms with van der Waals surface area (Å²) in [5.74, 6) is -0.701. The third kappa shape index (κ3) is 4.82. The van der Waals surface area contributed by atoms with Crippen LogP contribution in [0.5, 0.6) is 11.5 Å². The molecule has 1 aliphatic heterocycles. The fourth-order valence-corrected chi connectivity index (χ4v) is 3.09. The van der Waals surface area contributed by atoms with E-state index in [1.807, 2.05) is 0 Å². The van der Waals surface area contributed by atoms with E-state index >= 15 is 0 Å². The SMILES string of the molecule is COc1cc(C(=O)N2CCN(C(=O)C(=O)NC(C)C)CC2)cc(Cl)c1OC. The van der Waals surface area contributed by atoms with Gasteiger partial charge in [-0.05, 0) is 26.0 Å². The van der Waals surface area contributed by atoms with E-state index in [1.165, 1.54) is 25.2 Å². The van der Waals surface area contributed by atoms with E-state index in [0.717, 1.165) is 0 Å². The lowest BCUT2D eigenvalue weighted by Crippen LogP contribution is -2.54. The summed E-state index contributed by atoms with van der Waals surface area (Å²) in [6.45, 7) is 4.80. The standard InChI is InChI=1S/C18H24ClN3O5/c1-11(2)20-16(23)18(25)22-7-5-21(6-8-22)17(24)12-9-13(19)15(27-4)14(10-12)26-3/h9-11H,5-8H2,1-4H3,(H,20,23). The molecule has 0 spiro atoms. The van der Waals surface area contributed by atoms with Crippen molar-refractivity contribution in [2.45, 2.75) is 19.9 Å². The van der Waals surface area contributed by atoms with Crippen molar-refractivity contribution in [3.8, 4) is 11.5 Å². The number of rotatable bonds is 4. The van der Waals surface area contributed by atoms with E-state index in [9.17, 15) is 14.4 Å². The van der Waals surface area contributed by atoms with Crippen LogP contribution in [0.15, 0.2) is 12.1 Å². The van der Waals surface area contributed by atoms with E-state index in [4.69, 9.17) is 21.1 Å². The van der Waals surface area contributed by atoms with Gasteiger partial charge in [0.25, 0.3) is 5.91 Å². The fourth-order valence-electron chi connectivity index (χ4n) is 2.80. The number of carbonyl (C=O) groups excluding carboxylic acids is 3. The van der Waals surface area contributed by atoms with E-state index in [1.54, 1.807) is 24.8 Å². The van der Waals surface area contributed by atoms with Crippen LogP contribution in [0, 0.1) is 0 Å². The zero-order valence-corrected chi connectivity index (χ0v) is 16.6. The number of amides is 3. The predicted octanol–water partition coefficient (Wildman–Crippen LogP) is 1.17. The molecule has 1 aliphatic rings. The molecular weight excluding hydrogens is 374 g/mol. The van der Waals surface area contributed by atoms with Crippen molar-refractivity contribution in [2.75, 3.05) is 40.4 Å². The first-order valence-electron chi connectivity index (χ1n) is 8.59. The molecule has 1 aromatic carbocycles. The number of piperazine rings is 1. The molecule has 1 N–H and O–H groups in total. The summed E-state index contributed by atoms with van der Waals surface area (Å²) in [7, 11) is 2.94. The lowest BCUT2D eigenvalue weighted by molar-refractivity contribution is -0.147. The number of nitrogens with one attached hydrogen (secondary N) is 1. The average molecular weight is 398 g/mol. The van der Waals surface area contributed by atoms with Gasteiger partial charge in [-0.2, -0.15) is 0 Å². The number of halogens is 1. The van der Waals surface area contributed by atoms with Gasteiger partial charge >= 0.3 is 11.8 Å². The van der Waals surface area contributed by atoms with Crippen molar-refractivity contribution in [3.63, 3.8) is 0 Å². The van der Waals surface area contributed by atoms with E-state index < -0.39 is 11.8 Å². The van der Waals surface area contributed by atoms with Gasteiger partial charge in [-0.3, -0.25) is 14.4 Å². The first-order chi connectivity index (χ1) is 12.8. The Bertz CT molecular complexity index is 730. The van der Waals surface area contributed by atoms with Crippen LogP contribution in [0.2, 0.25) is 5.02 Å². The van der Waals surface area contributed by atoms with Gasteiger partial charge in [-0.15, -0.1) is 0 Å². The molecule has 0 saturated carbocycles. The van der Waals surface area contributed by atoms with Gasteiger partial charge in [-0.1, -0.05) is 11.6 Å². The number of ether oxygens (including phenoxy) is 2. The molecule has 0 atom stereocenters. The Hall–Kier alpha value is -2.48. The van der Waals surface area contributed by atoms with E-state index in [-0.39, 0.29) is 30.1 Å². The van der Waals surface area contributed by atoms with Gasteiger partial charge in [0.15, 0.2) is 11.5 Å². The first-order valence-corrected chi connectivity index (χ1v) is 8.96. The summed E-state index contributed by atoms with van der Waals surface area (Å²) in [6.07, 6.45) is 0. The van der Waals surface area contributed by atoms with Crippen LogP contribution in [0.1, 0.15) is 24.2 Å². The molecule has 0 bridgehead atoms. The summed E-state index contributed by atoms with van der Waals surface area (Å²) >= 11 is 6.16. The first kappa shape index (κ1) is 20.8. The van der Waals surface area contributed by atoms with Crippen molar-refractivity contribution in [1.82, 2.24) is 15.1 Å². The van der Waals surface area contributed by atoms with Crippen molar-refractivity contribution >= 4 is 29.3 Å². The van der Waals surface area contributed by atoms with Crippen LogP contribution in [-0.2, 0) is 9.59 Å². The molecule has 0 aliphatic carbocycles. The molecule has 27 heavy (non-hydrogen) atoms. The highest BCUT2D eigenvalue weighted by molar-refractivity contribution is 6.35. The summed E-state index contributed by atoms with van der Waals surface area (Å²) in [5.41, 5.74) is 0.370. The molecule has 148 valence electrons. The molecule has 8 nitrogen and oxygen atoms in total. The highest BCUT2D eigenvalue weighted by Crippen LogP contribution is 2.36. The lowest BCUT2D eigenvalue weighted by Gasteiger charge is -2.34. The maximum absolute atomic E-state index is 12.8. The second kappa shape index (κ2) is 8.94. The smallest absolute Gasteiger partial charge is 0.312 e. The third-order valence-electron chi connectivity index (χ3n) is 4.15. The molecular formula is C18H24ClN3O5. The molecule has 0 radical (unpaired) electrons. The van der Waals surface area contributed by atoms with Gasteiger partial charge in [0.1, 0.15) is 0 Å². The lowest BCUT2D eigenvalue weighted by atomic mass is 10.1. The normalized spacial score (nSPS) is 14.1. The maximum Gasteiger partial charge on any atom is 0.312 e. The van der Waals surface area contributed by atoms with Crippen LogP contribution < -0.4 is 14.8 Å². The van der Waals surface area contributed by atoms with Crippen LogP contribution in [-0.4, -0.2) is 74.0 Å². The van der Waals surface area contributed by atoms with E-state index in [0.29, 0.717) is 30.2 Å². The summed E-state index contributed by atoms with van der Waals surface area (Å²) in [6, 6.07) is 2.98. The number of hydrogen-bond donors (Lipinski definition) is 1. The van der Waals surface area contributed by atoms with Crippen molar-refractivity contribution in [2.24, 2.45) is 0 Å². The minimum atomic E-state index is -0.628. The number of nitrogens with zero attached hydrogens (tertiary/aromatic N) is 2. The summed E-state index contributed by atoms with van der Waals surface area (Å²) in [5, 5.41) is 2.86. The zero-order valence-electron chi connectivity index (χ0n) is 15.9. The van der Waals surface area contributed by atoms with Crippen LogP contribution >= 0.6 is 11.6 Å². The Morgan fingerprint density at radius 2 is 1.63 bits per heavy atom. The predicted molar refractivity (Wildman–Crippen MR) is 100 cm³/mol. The summed E-state index contributed by atoms with van der Waals surface area (Å²) in [4.78, 5) is 39.8. The molecule has 1 fully saturated rings. The number of methoxy groups -OCH3 is 2. The minimum Gasteiger partial charge on any atom is -0.493 e. The van der Waals surface area contributed by atoms with Crippen LogP contribution in [0.3, 0.4) is 0 Å². The van der Waals surface area contributed by atoms with Crippen molar-refractivity contribution < 1.29 is 23.9 Å². The topological polar surface area (TPSA) is 88.2 Å². The molecule has 0 aromatic heterocycles. The molecule has 0 unspecified atom stereocenters. The van der Waals surface area contributed by atoms with Gasteiger partial charge in [0, 0.05) is 37.8 Å². The number of hydrogen-bond acceptors (Lipinski definition) is 5. The molecule has 1 aromatic rings. The van der Waals surface area contributed by atoms with Gasteiger partial charge < -0.3 is 24.6 Å². The van der Waals surface area contributed by atoms with Crippen LogP contribution in [0.25, 0.3) is 0 Å². The van der Waals surface area contributed by atoms with Gasteiger partial charge in [0.05, 0.1) is 19.2 Å². The monoisotopic (exact) mass is 397 g/mol. The quantitative estimate of drug-likeness (QED) is 0.770. The Morgan fingerprint density at radius 3 is 2.15 bits per heavy atom. The largest absolute Gasteiger partial charge is 0.493 e. The molecule has 2 rings (SSSR count). The number of carbonyl (C=O) groups is 3. The zero-order chi connectivity index (χ0) is 20.1. The summed E-state index contributed by atoms with van der Waals surface area (Å²) < 4.78 is 10.4. The molecule has 3 amide bonds. The average Bonchev–Trinajstić information content (AvgIpc) is 2.65. The second-order valence-electron chi connectivity index (χ2n) is 6.41. The molecule has 9 heteroatoms. The van der Waals surface area contributed by atoms with Gasteiger partial charge in [-0.25, -0.2) is 0 Å². The Labute approximate surface area is 163 Å². The Morgan fingerprint density at radius 1 is 1.04 bits per heavy atom. The third-order valence-corrected chi connectivity index (χ3v) is 4.43. The highest BCUT2D eigenvalue weighted by Gasteiger charge is 2.29. The minimum absolute atomic E-state index is 0.112. The molecule has 1 heterocycles. The Kier molecular flexibility index (Phi) is 6.90. The highest BCUT2D eigenvalue weighted by atomic mass is 35.5. The van der Waals surface area contributed by atoms with Crippen molar-refractivity contribution in [1.29, 1.82) is 0 Å². The van der Waals surface area contributed by atoms with Crippen LogP contribution in [0.4, 0.5) is 0 Å².